The van der Waals surface area contributed by atoms with Crippen LogP contribution in [0.1, 0.15) is 22.3 Å². The highest BCUT2D eigenvalue weighted by atomic mass is 79.9. The number of amides is 1. The van der Waals surface area contributed by atoms with Crippen molar-refractivity contribution in [2.24, 2.45) is 0 Å². The Balaban J connectivity index is 1.97. The molecule has 0 spiro atoms. The maximum absolute atomic E-state index is 12.4. The van der Waals surface area contributed by atoms with Gasteiger partial charge in [0.2, 0.25) is 0 Å². The first kappa shape index (κ1) is 16.3. The second kappa shape index (κ2) is 5.81. The zero-order valence-corrected chi connectivity index (χ0v) is 13.7. The molecule has 0 saturated heterocycles. The van der Waals surface area contributed by atoms with Crippen LogP contribution in [-0.2, 0) is 10.4 Å². The molecule has 2 aromatic rings. The lowest BCUT2D eigenvalue weighted by Gasteiger charge is -2.19. The minimum atomic E-state index is -2.13. The van der Waals surface area contributed by atoms with Crippen LogP contribution >= 0.6 is 15.9 Å². The van der Waals surface area contributed by atoms with Crippen molar-refractivity contribution in [3.8, 4) is 0 Å². The Morgan fingerprint density at radius 3 is 2.54 bits per heavy atom. The molecule has 3 rings (SSSR count). The van der Waals surface area contributed by atoms with Gasteiger partial charge < -0.3 is 10.4 Å². The van der Waals surface area contributed by atoms with Crippen molar-refractivity contribution in [2.45, 2.75) is 12.0 Å². The largest absolute Gasteiger partial charge is 0.375 e. The van der Waals surface area contributed by atoms with E-state index in [-0.39, 0.29) is 16.9 Å². The number of hydrogen-bond acceptors (Lipinski definition) is 5. The van der Waals surface area contributed by atoms with Crippen LogP contribution in [0.3, 0.4) is 0 Å². The molecule has 1 amide bonds. The Labute approximate surface area is 144 Å². The third-order valence-corrected chi connectivity index (χ3v) is 4.39. The quantitative estimate of drug-likeness (QED) is 0.473. The third-order valence-electron chi connectivity index (χ3n) is 3.87. The number of halogens is 1. The average molecular weight is 391 g/mol. The summed E-state index contributed by atoms with van der Waals surface area (Å²) in [5, 5.41) is 24.1. The molecule has 0 fully saturated rings. The number of hydrogen-bond donors (Lipinski definition) is 2. The fraction of sp³-hybridized carbons (Fsp3) is 0.125. The highest BCUT2D eigenvalue weighted by Crippen LogP contribution is 2.40. The minimum Gasteiger partial charge on any atom is -0.375 e. The summed E-state index contributed by atoms with van der Waals surface area (Å²) >= 11 is 3.26. The van der Waals surface area contributed by atoms with Gasteiger partial charge in [0.15, 0.2) is 11.4 Å². The van der Waals surface area contributed by atoms with Crippen molar-refractivity contribution in [3.63, 3.8) is 0 Å². The molecule has 0 bridgehead atoms. The van der Waals surface area contributed by atoms with E-state index in [9.17, 15) is 24.8 Å². The fourth-order valence-corrected chi connectivity index (χ4v) is 2.86. The molecular weight excluding hydrogens is 380 g/mol. The number of ketones is 1. The van der Waals surface area contributed by atoms with Crippen LogP contribution in [0.5, 0.6) is 0 Å². The zero-order valence-electron chi connectivity index (χ0n) is 12.2. The summed E-state index contributed by atoms with van der Waals surface area (Å²) in [5.41, 5.74) is -1.77. The first-order valence-corrected chi connectivity index (χ1v) is 7.72. The Hall–Kier alpha value is -2.58. The molecule has 1 aliphatic heterocycles. The number of Topliss-reactive ketones (excluding diaryl/α,β-unsaturated/α-hetero) is 1. The normalized spacial score (nSPS) is 18.8. The van der Waals surface area contributed by atoms with Gasteiger partial charge in [-0.3, -0.25) is 19.7 Å². The number of carbonyl (C=O) groups is 2. The van der Waals surface area contributed by atoms with Crippen LogP contribution in [0.4, 0.5) is 11.4 Å². The molecule has 24 heavy (non-hydrogen) atoms. The first-order chi connectivity index (χ1) is 11.3. The molecule has 1 unspecified atom stereocenters. The number of rotatable bonds is 4. The van der Waals surface area contributed by atoms with Gasteiger partial charge in [-0.25, -0.2) is 0 Å². The topological polar surface area (TPSA) is 110 Å². The van der Waals surface area contributed by atoms with E-state index in [0.29, 0.717) is 5.56 Å². The van der Waals surface area contributed by atoms with E-state index in [2.05, 4.69) is 21.2 Å². The number of carbonyl (C=O) groups excluding carboxylic acids is 2. The molecule has 0 radical (unpaired) electrons. The van der Waals surface area contributed by atoms with Gasteiger partial charge in [0.25, 0.3) is 11.6 Å². The van der Waals surface area contributed by atoms with Gasteiger partial charge in [-0.05, 0) is 18.2 Å². The van der Waals surface area contributed by atoms with Crippen molar-refractivity contribution in [1.29, 1.82) is 0 Å². The van der Waals surface area contributed by atoms with E-state index in [0.717, 1.165) is 10.5 Å². The van der Waals surface area contributed by atoms with E-state index in [1.807, 2.05) is 0 Å². The maximum atomic E-state index is 12.4. The lowest BCUT2D eigenvalue weighted by Crippen LogP contribution is -2.36. The first-order valence-electron chi connectivity index (χ1n) is 6.93. The Morgan fingerprint density at radius 2 is 1.92 bits per heavy atom. The molecular formula is C16H11BrN2O5. The molecule has 0 aliphatic carbocycles. The van der Waals surface area contributed by atoms with Gasteiger partial charge in [-0.2, -0.15) is 0 Å². The van der Waals surface area contributed by atoms with E-state index in [1.165, 1.54) is 12.1 Å². The predicted molar refractivity (Wildman–Crippen MR) is 88.7 cm³/mol. The summed E-state index contributed by atoms with van der Waals surface area (Å²) in [7, 11) is 0. The maximum Gasteiger partial charge on any atom is 0.269 e. The smallest absolute Gasteiger partial charge is 0.269 e. The van der Waals surface area contributed by atoms with Crippen molar-refractivity contribution in [1.82, 2.24) is 0 Å². The molecule has 0 saturated carbocycles. The number of non-ortho nitro benzene ring substituents is 1. The standard InChI is InChI=1S/C16H11BrN2O5/c17-10-3-1-9(2-4-10)14(20)8-16(22)12-7-11(19(23)24)5-6-13(12)18-15(16)21/h1-7,22H,8H2,(H,18,21). The summed E-state index contributed by atoms with van der Waals surface area (Å²) in [6.07, 6.45) is -0.505. The van der Waals surface area contributed by atoms with E-state index >= 15 is 0 Å². The lowest BCUT2D eigenvalue weighted by molar-refractivity contribution is -0.385. The third kappa shape index (κ3) is 2.70. The summed E-state index contributed by atoms with van der Waals surface area (Å²) in [5.74, 6) is -1.22. The molecule has 122 valence electrons. The molecule has 2 aromatic carbocycles. The number of nitro benzene ring substituents is 1. The van der Waals surface area contributed by atoms with Crippen molar-refractivity contribution >= 4 is 39.0 Å². The van der Waals surface area contributed by atoms with Crippen LogP contribution in [0, 0.1) is 10.1 Å². The Morgan fingerprint density at radius 1 is 1.25 bits per heavy atom. The second-order valence-electron chi connectivity index (χ2n) is 5.41. The minimum absolute atomic E-state index is 0.0344. The van der Waals surface area contributed by atoms with Crippen LogP contribution < -0.4 is 5.32 Å². The average Bonchev–Trinajstić information content (AvgIpc) is 2.78. The van der Waals surface area contributed by atoms with E-state index in [1.54, 1.807) is 24.3 Å². The van der Waals surface area contributed by atoms with Crippen LogP contribution in [-0.4, -0.2) is 21.7 Å². The monoisotopic (exact) mass is 390 g/mol. The fourth-order valence-electron chi connectivity index (χ4n) is 2.59. The predicted octanol–water partition coefficient (Wildman–Crippen LogP) is 2.77. The Bertz CT molecular complexity index is 865. The summed E-state index contributed by atoms with van der Waals surface area (Å²) in [4.78, 5) is 34.9. The zero-order chi connectivity index (χ0) is 17.5. The van der Waals surface area contributed by atoms with Crippen molar-refractivity contribution in [3.05, 3.63) is 68.2 Å². The number of anilines is 1. The molecule has 1 aliphatic rings. The molecule has 2 N–H and O–H groups in total. The number of nitro groups is 1. The second-order valence-corrected chi connectivity index (χ2v) is 6.32. The van der Waals surface area contributed by atoms with Crippen LogP contribution in [0.25, 0.3) is 0 Å². The van der Waals surface area contributed by atoms with Gasteiger partial charge >= 0.3 is 0 Å². The number of fused-ring (bicyclic) bond motifs is 1. The summed E-state index contributed by atoms with van der Waals surface area (Å²) < 4.78 is 0.789. The van der Waals surface area contributed by atoms with Crippen molar-refractivity contribution < 1.29 is 19.6 Å². The number of benzene rings is 2. The number of nitrogens with zero attached hydrogens (tertiary/aromatic N) is 1. The van der Waals surface area contributed by atoms with E-state index in [4.69, 9.17) is 0 Å². The number of aliphatic hydroxyl groups is 1. The SMILES string of the molecule is O=C(CC1(O)C(=O)Nc2ccc([N+](=O)[O-])cc21)c1ccc(Br)cc1. The lowest BCUT2D eigenvalue weighted by atomic mass is 9.88. The highest BCUT2D eigenvalue weighted by Gasteiger charge is 2.47. The molecule has 1 heterocycles. The molecule has 1 atom stereocenters. The summed E-state index contributed by atoms with van der Waals surface area (Å²) in [6.45, 7) is 0. The van der Waals surface area contributed by atoms with Crippen LogP contribution in [0.15, 0.2) is 46.9 Å². The van der Waals surface area contributed by atoms with Crippen LogP contribution in [0.2, 0.25) is 0 Å². The summed E-state index contributed by atoms with van der Waals surface area (Å²) in [6, 6.07) is 10.2. The van der Waals surface area contributed by atoms with Gasteiger partial charge in [0, 0.05) is 33.4 Å². The molecule has 0 aromatic heterocycles. The van der Waals surface area contributed by atoms with Gasteiger partial charge in [0.1, 0.15) is 0 Å². The van der Waals surface area contributed by atoms with Gasteiger partial charge in [-0.1, -0.05) is 28.1 Å². The van der Waals surface area contributed by atoms with E-state index < -0.39 is 28.6 Å². The number of nitrogens with one attached hydrogen (secondary N) is 1. The molecule has 8 heteroatoms. The molecule has 7 nitrogen and oxygen atoms in total. The Kier molecular flexibility index (Phi) is 3.94. The van der Waals surface area contributed by atoms with Gasteiger partial charge in [-0.15, -0.1) is 0 Å². The van der Waals surface area contributed by atoms with Crippen molar-refractivity contribution in [2.75, 3.05) is 5.32 Å². The van der Waals surface area contributed by atoms with Gasteiger partial charge in [0.05, 0.1) is 11.3 Å². The highest BCUT2D eigenvalue weighted by molar-refractivity contribution is 9.10.